The van der Waals surface area contributed by atoms with E-state index in [9.17, 15) is 18.4 Å². The summed E-state index contributed by atoms with van der Waals surface area (Å²) in [5, 5.41) is 17.9. The molecule has 10 heteroatoms. The summed E-state index contributed by atoms with van der Waals surface area (Å²) in [5.41, 5.74) is 0.732. The van der Waals surface area contributed by atoms with E-state index in [2.05, 4.69) is 27.0 Å². The summed E-state index contributed by atoms with van der Waals surface area (Å²) in [7, 11) is 1.71. The summed E-state index contributed by atoms with van der Waals surface area (Å²) in [6, 6.07) is 6.05. The number of aromatic nitrogens is 1. The summed E-state index contributed by atoms with van der Waals surface area (Å²) < 4.78 is 40.5. The highest BCUT2D eigenvalue weighted by molar-refractivity contribution is 6.34. The van der Waals surface area contributed by atoms with Crippen molar-refractivity contribution >= 4 is 40.3 Å². The summed E-state index contributed by atoms with van der Waals surface area (Å²) in [6.07, 6.45) is -2.80. The Hall–Kier alpha value is -2.21. The predicted molar refractivity (Wildman–Crippen MR) is 108 cm³/mol. The molecule has 1 unspecified atom stereocenters. The van der Waals surface area contributed by atoms with Crippen molar-refractivity contribution in [3.8, 4) is 6.07 Å². The van der Waals surface area contributed by atoms with E-state index in [-0.39, 0.29) is 11.1 Å². The zero-order chi connectivity index (χ0) is 21.2. The van der Waals surface area contributed by atoms with Crippen LogP contribution in [0.3, 0.4) is 0 Å². The Balaban J connectivity index is 2.10. The molecule has 3 N–H and O–H groups in total. The fourth-order valence-electron chi connectivity index (χ4n) is 3.51. The lowest BCUT2D eigenvalue weighted by Gasteiger charge is -2.26. The fourth-order valence-corrected chi connectivity index (χ4v) is 3.99. The second-order valence-corrected chi connectivity index (χ2v) is 7.42. The van der Waals surface area contributed by atoms with Gasteiger partial charge in [-0.25, -0.2) is 4.98 Å². The smallest absolute Gasteiger partial charge is 0.387 e. The van der Waals surface area contributed by atoms with Crippen LogP contribution in [-0.4, -0.2) is 25.1 Å². The van der Waals surface area contributed by atoms with E-state index in [0.29, 0.717) is 16.9 Å². The van der Waals surface area contributed by atoms with Crippen LogP contribution in [0.5, 0.6) is 0 Å². The highest BCUT2D eigenvalue weighted by Crippen LogP contribution is 2.42. The van der Waals surface area contributed by atoms with Crippen molar-refractivity contribution in [2.75, 3.05) is 30.8 Å². The first-order valence-corrected chi connectivity index (χ1v) is 9.67. The molecule has 0 spiro atoms. The molecule has 1 saturated heterocycles. The first-order valence-electron chi connectivity index (χ1n) is 8.91. The van der Waals surface area contributed by atoms with Gasteiger partial charge in [0.15, 0.2) is 5.15 Å². The van der Waals surface area contributed by atoms with Gasteiger partial charge in [0, 0.05) is 19.3 Å². The number of alkyl halides is 3. The Morgan fingerprint density at radius 1 is 1.24 bits per heavy atom. The molecule has 5 nitrogen and oxygen atoms in total. The maximum Gasteiger partial charge on any atom is 0.418 e. The normalized spacial score (nSPS) is 16.9. The Morgan fingerprint density at radius 3 is 2.59 bits per heavy atom. The van der Waals surface area contributed by atoms with Crippen molar-refractivity contribution in [3.05, 3.63) is 45.2 Å². The van der Waals surface area contributed by atoms with E-state index in [0.717, 1.165) is 37.6 Å². The topological polar surface area (TPSA) is 72.8 Å². The minimum atomic E-state index is -4.68. The number of nitrogens with zero attached hydrogens (tertiary/aromatic N) is 2. The van der Waals surface area contributed by atoms with Gasteiger partial charge in [0.05, 0.1) is 22.5 Å². The molecule has 3 rings (SSSR count). The molecule has 1 aromatic heterocycles. The molecule has 0 aliphatic carbocycles. The second-order valence-electron chi connectivity index (χ2n) is 6.67. The molecule has 0 bridgehead atoms. The highest BCUT2D eigenvalue weighted by Gasteiger charge is 2.36. The van der Waals surface area contributed by atoms with E-state index in [1.54, 1.807) is 13.1 Å². The number of anilines is 3. The maximum absolute atomic E-state index is 13.5. The predicted octanol–water partition coefficient (Wildman–Crippen LogP) is 5.53. The number of nitriles is 1. The van der Waals surface area contributed by atoms with Crippen LogP contribution in [0, 0.1) is 11.3 Å². The van der Waals surface area contributed by atoms with Crippen molar-refractivity contribution in [1.29, 1.82) is 5.26 Å². The standard InChI is InChI=1S/C19H18Cl2F3N5/c1-26-16-11(8-25)5-12(6-13(16)10-3-2-4-27-9-10)28-17-14(19(22,23)24)7-15(20)29-18(17)21/h5-7,10,26-28H,2-4,9H2,1H3. The highest BCUT2D eigenvalue weighted by atomic mass is 35.5. The molecule has 29 heavy (non-hydrogen) atoms. The molecule has 2 aromatic rings. The van der Waals surface area contributed by atoms with Gasteiger partial charge in [0.25, 0.3) is 0 Å². The Bertz CT molecular complexity index is 950. The van der Waals surface area contributed by atoms with Crippen LogP contribution in [-0.2, 0) is 6.18 Å². The third kappa shape index (κ3) is 4.69. The van der Waals surface area contributed by atoms with E-state index in [4.69, 9.17) is 23.2 Å². The second kappa shape index (κ2) is 8.66. The number of rotatable bonds is 4. The molecule has 1 aromatic carbocycles. The molecular weight excluding hydrogens is 426 g/mol. The summed E-state index contributed by atoms with van der Waals surface area (Å²) in [6.45, 7) is 1.63. The number of piperidine rings is 1. The van der Waals surface area contributed by atoms with Gasteiger partial charge in [-0.3, -0.25) is 0 Å². The Labute approximate surface area is 176 Å². The average Bonchev–Trinajstić information content (AvgIpc) is 2.68. The Kier molecular flexibility index (Phi) is 6.42. The summed E-state index contributed by atoms with van der Waals surface area (Å²) in [5.74, 6) is 0.126. The molecule has 0 amide bonds. The van der Waals surface area contributed by atoms with Crippen LogP contribution in [0.15, 0.2) is 18.2 Å². The van der Waals surface area contributed by atoms with Gasteiger partial charge >= 0.3 is 6.18 Å². The number of pyridine rings is 1. The minimum absolute atomic E-state index is 0.126. The zero-order valence-electron chi connectivity index (χ0n) is 15.4. The van der Waals surface area contributed by atoms with Crippen LogP contribution in [0.4, 0.5) is 30.2 Å². The molecule has 1 fully saturated rings. The Morgan fingerprint density at radius 2 is 2.00 bits per heavy atom. The molecule has 154 valence electrons. The quantitative estimate of drug-likeness (QED) is 0.541. The molecule has 1 aliphatic rings. The van der Waals surface area contributed by atoms with Gasteiger partial charge in [0.2, 0.25) is 0 Å². The van der Waals surface area contributed by atoms with Crippen molar-refractivity contribution in [1.82, 2.24) is 10.3 Å². The lowest BCUT2D eigenvalue weighted by atomic mass is 9.88. The minimum Gasteiger partial charge on any atom is -0.387 e. The third-order valence-corrected chi connectivity index (χ3v) is 5.26. The van der Waals surface area contributed by atoms with Gasteiger partial charge < -0.3 is 16.0 Å². The van der Waals surface area contributed by atoms with Crippen LogP contribution < -0.4 is 16.0 Å². The molecule has 0 saturated carbocycles. The van der Waals surface area contributed by atoms with Gasteiger partial charge in [0.1, 0.15) is 11.2 Å². The van der Waals surface area contributed by atoms with Gasteiger partial charge in [-0.05, 0) is 49.1 Å². The lowest BCUT2D eigenvalue weighted by Crippen LogP contribution is -2.29. The number of benzene rings is 1. The zero-order valence-corrected chi connectivity index (χ0v) is 16.9. The first kappa shape index (κ1) is 21.5. The largest absolute Gasteiger partial charge is 0.418 e. The number of hydrogen-bond acceptors (Lipinski definition) is 5. The van der Waals surface area contributed by atoms with Gasteiger partial charge in [-0.2, -0.15) is 18.4 Å². The van der Waals surface area contributed by atoms with Crippen molar-refractivity contribution in [3.63, 3.8) is 0 Å². The van der Waals surface area contributed by atoms with E-state index >= 15 is 0 Å². The van der Waals surface area contributed by atoms with Crippen molar-refractivity contribution < 1.29 is 13.2 Å². The van der Waals surface area contributed by atoms with E-state index < -0.39 is 22.6 Å². The number of halogens is 5. The third-order valence-electron chi connectivity index (χ3n) is 4.79. The van der Waals surface area contributed by atoms with Crippen LogP contribution in [0.2, 0.25) is 10.3 Å². The van der Waals surface area contributed by atoms with Crippen molar-refractivity contribution in [2.24, 2.45) is 0 Å². The first-order chi connectivity index (χ1) is 13.7. The SMILES string of the molecule is CNc1c(C#N)cc(Nc2c(C(F)(F)F)cc(Cl)nc2Cl)cc1C1CCCNC1. The van der Waals surface area contributed by atoms with Crippen molar-refractivity contribution in [2.45, 2.75) is 24.9 Å². The van der Waals surface area contributed by atoms with Gasteiger partial charge in [-0.15, -0.1) is 0 Å². The number of hydrogen-bond donors (Lipinski definition) is 3. The average molecular weight is 444 g/mol. The van der Waals surface area contributed by atoms with E-state index in [1.165, 1.54) is 6.07 Å². The van der Waals surface area contributed by atoms with Crippen LogP contribution >= 0.6 is 23.2 Å². The van der Waals surface area contributed by atoms with Crippen LogP contribution in [0.1, 0.15) is 35.4 Å². The lowest BCUT2D eigenvalue weighted by molar-refractivity contribution is -0.137. The summed E-state index contributed by atoms with van der Waals surface area (Å²) in [4.78, 5) is 3.71. The molecule has 1 atom stereocenters. The number of nitrogens with one attached hydrogen (secondary N) is 3. The monoisotopic (exact) mass is 443 g/mol. The summed E-state index contributed by atoms with van der Waals surface area (Å²) >= 11 is 11.6. The van der Waals surface area contributed by atoms with Crippen LogP contribution in [0.25, 0.3) is 0 Å². The molecule has 2 heterocycles. The van der Waals surface area contributed by atoms with E-state index in [1.807, 2.05) is 0 Å². The van der Waals surface area contributed by atoms with Gasteiger partial charge in [-0.1, -0.05) is 23.2 Å². The maximum atomic E-state index is 13.5. The molecule has 0 radical (unpaired) electrons. The molecular formula is C19H18Cl2F3N5. The molecule has 1 aliphatic heterocycles. The fraction of sp³-hybridized carbons (Fsp3) is 0.368.